The van der Waals surface area contributed by atoms with E-state index in [9.17, 15) is 9.59 Å². The van der Waals surface area contributed by atoms with Crippen LogP contribution >= 0.6 is 11.3 Å². The first-order valence-electron chi connectivity index (χ1n) is 9.98. The summed E-state index contributed by atoms with van der Waals surface area (Å²) in [6, 6.07) is 2.13. The van der Waals surface area contributed by atoms with Crippen LogP contribution in [0.25, 0.3) is 0 Å². The first-order valence-corrected chi connectivity index (χ1v) is 10.8. The number of amides is 2. The summed E-state index contributed by atoms with van der Waals surface area (Å²) in [5.41, 5.74) is 1.69. The predicted molar refractivity (Wildman–Crippen MR) is 107 cm³/mol. The second-order valence-corrected chi connectivity index (χ2v) is 9.99. The molecule has 0 aromatic carbocycles. The van der Waals surface area contributed by atoms with E-state index >= 15 is 0 Å². The molecule has 3 rings (SSSR count). The van der Waals surface area contributed by atoms with Crippen molar-refractivity contribution >= 4 is 23.2 Å². The van der Waals surface area contributed by atoms with Gasteiger partial charge in [0, 0.05) is 24.5 Å². The Hall–Kier alpha value is -1.36. The molecule has 2 atom stereocenters. The average molecular weight is 377 g/mol. The van der Waals surface area contributed by atoms with E-state index in [1.54, 1.807) is 11.3 Å². The van der Waals surface area contributed by atoms with E-state index in [0.717, 1.165) is 37.1 Å². The smallest absolute Gasteiger partial charge is 0.263 e. The van der Waals surface area contributed by atoms with Crippen LogP contribution in [-0.4, -0.2) is 36.3 Å². The summed E-state index contributed by atoms with van der Waals surface area (Å²) >= 11 is 1.68. The fourth-order valence-electron chi connectivity index (χ4n) is 4.22. The molecule has 2 heterocycles. The van der Waals surface area contributed by atoms with Gasteiger partial charge < -0.3 is 10.2 Å². The summed E-state index contributed by atoms with van der Waals surface area (Å²) in [4.78, 5) is 29.3. The maximum atomic E-state index is 13.0. The molecular weight excluding hydrogens is 344 g/mol. The monoisotopic (exact) mass is 376 g/mol. The van der Waals surface area contributed by atoms with Crippen molar-refractivity contribution in [3.8, 4) is 0 Å². The van der Waals surface area contributed by atoms with Crippen molar-refractivity contribution in [1.82, 2.24) is 10.2 Å². The van der Waals surface area contributed by atoms with E-state index in [1.807, 2.05) is 11.8 Å². The van der Waals surface area contributed by atoms with Crippen molar-refractivity contribution in [3.05, 3.63) is 21.4 Å². The molecule has 1 saturated heterocycles. The van der Waals surface area contributed by atoms with E-state index in [4.69, 9.17) is 0 Å². The van der Waals surface area contributed by atoms with Crippen molar-refractivity contribution in [1.29, 1.82) is 0 Å². The molecule has 4 nitrogen and oxygen atoms in total. The fraction of sp³-hybridized carbons (Fsp3) is 0.714. The average Bonchev–Trinajstić information content (AvgIpc) is 3.04. The van der Waals surface area contributed by atoms with Crippen LogP contribution in [0.2, 0.25) is 0 Å². The molecule has 1 aromatic heterocycles. The topological polar surface area (TPSA) is 49.4 Å². The van der Waals surface area contributed by atoms with Crippen LogP contribution in [0.3, 0.4) is 0 Å². The van der Waals surface area contributed by atoms with Gasteiger partial charge >= 0.3 is 0 Å². The predicted octanol–water partition coefficient (Wildman–Crippen LogP) is 3.89. The molecule has 0 bridgehead atoms. The zero-order valence-corrected chi connectivity index (χ0v) is 17.4. The maximum Gasteiger partial charge on any atom is 0.263 e. The van der Waals surface area contributed by atoms with E-state index in [-0.39, 0.29) is 17.7 Å². The van der Waals surface area contributed by atoms with Gasteiger partial charge in [-0.1, -0.05) is 20.8 Å². The molecular formula is C21H32N2O2S. The van der Waals surface area contributed by atoms with Crippen LogP contribution in [-0.2, 0) is 17.6 Å². The number of likely N-dealkylation sites (tertiary alicyclic amines) is 1. The highest BCUT2D eigenvalue weighted by atomic mass is 32.1. The Balaban J connectivity index is 1.69. The highest BCUT2D eigenvalue weighted by molar-refractivity contribution is 7.14. The van der Waals surface area contributed by atoms with Crippen molar-refractivity contribution in [2.24, 2.45) is 17.3 Å². The first-order chi connectivity index (χ1) is 12.3. The Kier molecular flexibility index (Phi) is 5.75. The summed E-state index contributed by atoms with van der Waals surface area (Å²) in [7, 11) is 0. The van der Waals surface area contributed by atoms with Gasteiger partial charge in [0.1, 0.15) is 0 Å². The number of nitrogens with one attached hydrogen (secondary N) is 1. The zero-order valence-electron chi connectivity index (χ0n) is 16.6. The van der Waals surface area contributed by atoms with Crippen LogP contribution in [0.5, 0.6) is 0 Å². The Bertz CT molecular complexity index is 674. The lowest BCUT2D eigenvalue weighted by Crippen LogP contribution is -2.45. The normalized spacial score (nSPS) is 23.5. The number of rotatable bonds is 3. The summed E-state index contributed by atoms with van der Waals surface area (Å²) in [6.45, 7) is 10.9. The molecule has 0 saturated carbocycles. The molecule has 5 heteroatoms. The van der Waals surface area contributed by atoms with Crippen LogP contribution in [0.15, 0.2) is 6.07 Å². The number of carbonyl (C=O) groups is 2. The quantitative estimate of drug-likeness (QED) is 0.870. The highest BCUT2D eigenvalue weighted by Gasteiger charge is 2.33. The standard InChI is InChI=1S/C21H32N2O2S/c1-5-22-19(24)14-7-6-10-23(13-14)20(25)18-12-15-11-16(21(2,3)4)8-9-17(15)26-18/h12,14,16H,5-11,13H2,1-4H3,(H,22,24). The van der Waals surface area contributed by atoms with Crippen molar-refractivity contribution in [2.45, 2.75) is 59.8 Å². The minimum Gasteiger partial charge on any atom is -0.356 e. The van der Waals surface area contributed by atoms with Gasteiger partial charge in [-0.2, -0.15) is 0 Å². The van der Waals surface area contributed by atoms with E-state index < -0.39 is 0 Å². The fourth-order valence-corrected chi connectivity index (χ4v) is 5.39. The van der Waals surface area contributed by atoms with Crippen molar-refractivity contribution in [2.75, 3.05) is 19.6 Å². The summed E-state index contributed by atoms with van der Waals surface area (Å²) < 4.78 is 0. The number of carbonyl (C=O) groups excluding carboxylic acids is 2. The summed E-state index contributed by atoms with van der Waals surface area (Å²) in [5, 5.41) is 2.90. The Morgan fingerprint density at radius 2 is 2.08 bits per heavy atom. The van der Waals surface area contributed by atoms with Gasteiger partial charge in [0.25, 0.3) is 5.91 Å². The number of hydrogen-bond donors (Lipinski definition) is 1. The zero-order chi connectivity index (χ0) is 18.9. The molecule has 144 valence electrons. The molecule has 1 aliphatic heterocycles. The van der Waals surface area contributed by atoms with E-state index in [1.165, 1.54) is 16.9 Å². The number of piperidine rings is 1. The van der Waals surface area contributed by atoms with Gasteiger partial charge in [0.2, 0.25) is 5.91 Å². The van der Waals surface area contributed by atoms with Gasteiger partial charge in [-0.15, -0.1) is 11.3 Å². The molecule has 26 heavy (non-hydrogen) atoms. The van der Waals surface area contributed by atoms with Crippen LogP contribution in [0.4, 0.5) is 0 Å². The molecule has 2 unspecified atom stereocenters. The third-order valence-corrected chi connectivity index (χ3v) is 7.17. The molecule has 1 N–H and O–H groups in total. The van der Waals surface area contributed by atoms with Gasteiger partial charge in [0.15, 0.2) is 0 Å². The van der Waals surface area contributed by atoms with Crippen molar-refractivity contribution < 1.29 is 9.59 Å². The molecule has 0 spiro atoms. The number of aryl methyl sites for hydroxylation is 1. The second kappa shape index (κ2) is 7.71. The number of nitrogens with zero attached hydrogens (tertiary/aromatic N) is 1. The summed E-state index contributed by atoms with van der Waals surface area (Å²) in [5.74, 6) is 0.825. The lowest BCUT2D eigenvalue weighted by atomic mass is 9.72. The highest BCUT2D eigenvalue weighted by Crippen LogP contribution is 2.40. The lowest BCUT2D eigenvalue weighted by Gasteiger charge is -2.33. The van der Waals surface area contributed by atoms with E-state index in [0.29, 0.717) is 24.4 Å². The Morgan fingerprint density at radius 1 is 1.31 bits per heavy atom. The van der Waals surface area contributed by atoms with Crippen molar-refractivity contribution in [3.63, 3.8) is 0 Å². The molecule has 1 aromatic rings. The molecule has 2 amide bonds. The van der Waals surface area contributed by atoms with Gasteiger partial charge in [-0.25, -0.2) is 0 Å². The van der Waals surface area contributed by atoms with Gasteiger partial charge in [0.05, 0.1) is 10.8 Å². The minimum atomic E-state index is -0.0625. The van der Waals surface area contributed by atoms with Gasteiger partial charge in [-0.05, 0) is 62.0 Å². The molecule has 2 aliphatic rings. The first kappa shape index (κ1) is 19.4. The SMILES string of the molecule is CCNC(=O)C1CCCN(C(=O)c2cc3c(s2)CCC(C(C)(C)C)C3)C1. The lowest BCUT2D eigenvalue weighted by molar-refractivity contribution is -0.126. The number of thiophene rings is 1. The largest absolute Gasteiger partial charge is 0.356 e. The maximum absolute atomic E-state index is 13.0. The number of fused-ring (bicyclic) bond motifs is 1. The van der Waals surface area contributed by atoms with Crippen LogP contribution in [0.1, 0.15) is 67.1 Å². The third kappa shape index (κ3) is 4.13. The second-order valence-electron chi connectivity index (χ2n) is 8.85. The van der Waals surface area contributed by atoms with Crippen LogP contribution < -0.4 is 5.32 Å². The minimum absolute atomic E-state index is 0.0625. The number of hydrogen-bond acceptors (Lipinski definition) is 3. The van der Waals surface area contributed by atoms with Gasteiger partial charge in [-0.3, -0.25) is 9.59 Å². The Labute approximate surface area is 161 Å². The van der Waals surface area contributed by atoms with Crippen LogP contribution in [0, 0.1) is 17.3 Å². The molecule has 1 fully saturated rings. The summed E-state index contributed by atoms with van der Waals surface area (Å²) in [6.07, 6.45) is 5.18. The third-order valence-electron chi connectivity index (χ3n) is 5.95. The molecule has 1 aliphatic carbocycles. The Morgan fingerprint density at radius 3 is 2.77 bits per heavy atom. The molecule has 0 radical (unpaired) electrons. The van der Waals surface area contributed by atoms with E-state index in [2.05, 4.69) is 32.2 Å².